The first kappa shape index (κ1) is 64.5. The number of hydrogen-bond donors (Lipinski definition) is 0. The molecule has 2 heteroatoms. The van der Waals surface area contributed by atoms with E-state index >= 15 is 0 Å². The van der Waals surface area contributed by atoms with Gasteiger partial charge in [-0.1, -0.05) is 335 Å². The number of nitrogens with zero attached hydrogens (tertiary/aromatic N) is 2. The fourth-order valence-corrected chi connectivity index (χ4v) is 20.0. The lowest BCUT2D eigenvalue weighted by Gasteiger charge is -2.22. The van der Waals surface area contributed by atoms with Crippen molar-refractivity contribution in [2.24, 2.45) is 0 Å². The van der Waals surface area contributed by atoms with E-state index in [1.165, 1.54) is 241 Å². The van der Waals surface area contributed by atoms with Crippen LogP contribution in [0.3, 0.4) is 0 Å². The third kappa shape index (κ3) is 9.44. The molecule has 0 N–H and O–H groups in total. The first-order chi connectivity index (χ1) is 54.6. The van der Waals surface area contributed by atoms with Gasteiger partial charge in [-0.05, 0) is 227 Å². The molecule has 111 heavy (non-hydrogen) atoms. The van der Waals surface area contributed by atoms with Crippen LogP contribution in [0.25, 0.3) is 207 Å². The number of fused-ring (bicyclic) bond motifs is 24. The molecule has 23 rings (SSSR count). The lowest BCUT2D eigenvalue weighted by atomic mass is 9.81. The smallest absolute Gasteiger partial charge is 0.0619 e. The van der Waals surface area contributed by atoms with Gasteiger partial charge in [0.1, 0.15) is 0 Å². The molecule has 20 aromatic carbocycles. The Morgan fingerprint density at radius 1 is 0.216 bits per heavy atom. The van der Waals surface area contributed by atoms with E-state index in [0.29, 0.717) is 0 Å². The molecule has 2 nitrogen and oxygen atoms in total. The van der Waals surface area contributed by atoms with Crippen LogP contribution in [0.4, 0.5) is 0 Å². The monoisotopic (exact) mass is 1410 g/mol. The van der Waals surface area contributed by atoms with E-state index in [2.05, 4.69) is 403 Å². The molecule has 0 spiro atoms. The molecule has 0 unspecified atom stereocenters. The summed E-state index contributed by atoms with van der Waals surface area (Å²) in [5, 5.41) is 30.8. The van der Waals surface area contributed by atoms with Crippen molar-refractivity contribution in [1.29, 1.82) is 0 Å². The van der Waals surface area contributed by atoms with Crippen LogP contribution >= 0.6 is 0 Å². The van der Waals surface area contributed by atoms with Crippen molar-refractivity contribution in [3.8, 4) is 67.0 Å². The molecule has 0 radical (unpaired) electrons. The standard InChI is InChI=1S/C57H41N.C52H35N/c1-34-35(2)58(53-30-29-40(41-17-7-10-21-46(41)53)38-26-25-36-15-5-6-16-37(36)31-38)56-48-23-12-9-19-43(48)50-33-49(42-18-8-11-22-47(42)55(50)54(34)56)39-27-28-45-44-20-13-14-24-51(44)57(3,4)52(45)32-39;1-32-33(2)53(51-44-28-14-11-25-41(44)49(35-18-4-3-5-19-35)42-26-12-15-29-45(42)51)52-43-27-13-9-23-39(43)47-31-46(37-30-16-20-34-17-6-7-21-36(34)37)38-22-8-10-24-40(38)50(47)48(32)52/h5-33H,1-4H3;3-31H,1-2H3. The highest BCUT2D eigenvalue weighted by Crippen LogP contribution is 2.54. The summed E-state index contributed by atoms with van der Waals surface area (Å²) in [5.41, 5.74) is 25.7. The second kappa shape index (κ2) is 24.7. The molecule has 0 atom stereocenters. The van der Waals surface area contributed by atoms with Crippen LogP contribution < -0.4 is 0 Å². The molecule has 2 heterocycles. The van der Waals surface area contributed by atoms with Crippen molar-refractivity contribution >= 4 is 140 Å². The molecule has 522 valence electrons. The van der Waals surface area contributed by atoms with Crippen molar-refractivity contribution < 1.29 is 0 Å². The quantitative estimate of drug-likeness (QED) is 0.116. The van der Waals surface area contributed by atoms with E-state index in [0.717, 1.165) is 0 Å². The number of rotatable bonds is 6. The fraction of sp³-hybridized carbons (Fsp3) is 0.0642. The second-order valence-corrected chi connectivity index (χ2v) is 31.3. The average Bonchev–Trinajstić information content (AvgIpc) is 1.61. The van der Waals surface area contributed by atoms with E-state index in [-0.39, 0.29) is 5.41 Å². The number of benzene rings is 20. The third-order valence-corrected chi connectivity index (χ3v) is 25.3. The van der Waals surface area contributed by atoms with Gasteiger partial charge in [0.25, 0.3) is 0 Å². The van der Waals surface area contributed by atoms with E-state index in [4.69, 9.17) is 0 Å². The van der Waals surface area contributed by atoms with Crippen LogP contribution in [0.1, 0.15) is 47.5 Å². The lowest BCUT2D eigenvalue weighted by Crippen LogP contribution is -2.14. The van der Waals surface area contributed by atoms with E-state index < -0.39 is 0 Å². The van der Waals surface area contributed by atoms with Gasteiger partial charge >= 0.3 is 0 Å². The Balaban J connectivity index is 0.000000137. The molecule has 0 amide bonds. The van der Waals surface area contributed by atoms with Gasteiger partial charge in [0, 0.05) is 54.5 Å². The molecule has 1 aliphatic carbocycles. The van der Waals surface area contributed by atoms with Gasteiger partial charge < -0.3 is 9.13 Å². The fourth-order valence-electron chi connectivity index (χ4n) is 20.0. The molecule has 0 saturated carbocycles. The molecule has 0 aliphatic heterocycles. The molecule has 22 aromatic rings. The minimum absolute atomic E-state index is 0.0666. The van der Waals surface area contributed by atoms with Crippen molar-refractivity contribution in [3.63, 3.8) is 0 Å². The summed E-state index contributed by atoms with van der Waals surface area (Å²) in [6.45, 7) is 14.0. The average molecular weight is 1410 g/mol. The normalized spacial score (nSPS) is 12.7. The Morgan fingerprint density at radius 3 is 1.28 bits per heavy atom. The summed E-state index contributed by atoms with van der Waals surface area (Å²) in [6, 6.07) is 131. The van der Waals surface area contributed by atoms with Gasteiger partial charge in [-0.25, -0.2) is 0 Å². The van der Waals surface area contributed by atoms with Gasteiger partial charge in [-0.2, -0.15) is 0 Å². The van der Waals surface area contributed by atoms with E-state index in [9.17, 15) is 0 Å². The van der Waals surface area contributed by atoms with Crippen molar-refractivity contribution in [2.45, 2.75) is 47.0 Å². The Labute approximate surface area is 644 Å². The van der Waals surface area contributed by atoms with Gasteiger partial charge in [0.15, 0.2) is 0 Å². The third-order valence-electron chi connectivity index (χ3n) is 25.3. The number of aromatic nitrogens is 2. The van der Waals surface area contributed by atoms with Crippen LogP contribution in [0.2, 0.25) is 0 Å². The lowest BCUT2D eigenvalue weighted by molar-refractivity contribution is 0.660. The molecule has 1 aliphatic rings. The zero-order valence-corrected chi connectivity index (χ0v) is 62.9. The minimum atomic E-state index is -0.0666. The highest BCUT2D eigenvalue weighted by atomic mass is 15.0. The Bertz CT molecular complexity index is 7710. The van der Waals surface area contributed by atoms with Crippen LogP contribution in [0, 0.1) is 27.7 Å². The maximum Gasteiger partial charge on any atom is 0.0619 e. The summed E-state index contributed by atoms with van der Waals surface area (Å²) < 4.78 is 5.15. The molecule has 0 fully saturated rings. The summed E-state index contributed by atoms with van der Waals surface area (Å²) in [6.07, 6.45) is 0. The second-order valence-electron chi connectivity index (χ2n) is 31.3. The van der Waals surface area contributed by atoms with Crippen molar-refractivity contribution in [2.75, 3.05) is 0 Å². The largest absolute Gasteiger partial charge is 0.312 e. The van der Waals surface area contributed by atoms with Crippen LogP contribution in [-0.4, -0.2) is 9.13 Å². The SMILES string of the molecule is Cc1c(C)n(-c2c3ccccc3c(-c3ccccc3)c3ccccc23)c2c3ccccc3c3cc(-c4cccc5ccccc45)c4ccccc4c3c12.Cc1c(C)n(-c2ccc(-c3ccc4ccccc4c3)c3ccccc23)c2c3ccccc3c3cc(-c4ccc5c(c4)C(C)(C)c4ccccc4-5)c4ccccc4c3c12. The molecule has 0 bridgehead atoms. The predicted molar refractivity (Wildman–Crippen MR) is 477 cm³/mol. The summed E-state index contributed by atoms with van der Waals surface area (Å²) >= 11 is 0. The van der Waals surface area contributed by atoms with Crippen LogP contribution in [0.15, 0.2) is 352 Å². The van der Waals surface area contributed by atoms with E-state index in [1.54, 1.807) is 0 Å². The number of aryl methyl sites for hydroxylation is 2. The number of hydrogen-bond acceptors (Lipinski definition) is 0. The van der Waals surface area contributed by atoms with Gasteiger partial charge in [0.05, 0.1) is 22.4 Å². The van der Waals surface area contributed by atoms with Gasteiger partial charge in [-0.15, -0.1) is 0 Å². The highest BCUT2D eigenvalue weighted by Gasteiger charge is 2.36. The van der Waals surface area contributed by atoms with Gasteiger partial charge in [0.2, 0.25) is 0 Å². The van der Waals surface area contributed by atoms with Crippen LogP contribution in [-0.2, 0) is 5.41 Å². The Hall–Kier alpha value is -13.7. The highest BCUT2D eigenvalue weighted by molar-refractivity contribution is 6.36. The first-order valence-corrected chi connectivity index (χ1v) is 39.1. The summed E-state index contributed by atoms with van der Waals surface area (Å²) in [5.74, 6) is 0. The maximum absolute atomic E-state index is 2.60. The van der Waals surface area contributed by atoms with Crippen LogP contribution in [0.5, 0.6) is 0 Å². The first-order valence-electron chi connectivity index (χ1n) is 39.1. The van der Waals surface area contributed by atoms with Crippen molar-refractivity contribution in [1.82, 2.24) is 9.13 Å². The predicted octanol–water partition coefficient (Wildman–Crippen LogP) is 30.2. The van der Waals surface area contributed by atoms with E-state index in [1.807, 2.05) is 0 Å². The van der Waals surface area contributed by atoms with Crippen molar-refractivity contribution in [3.05, 3.63) is 385 Å². The summed E-state index contributed by atoms with van der Waals surface area (Å²) in [7, 11) is 0. The Kier molecular flexibility index (Phi) is 14.3. The molecular formula is C109H76N2. The topological polar surface area (TPSA) is 9.86 Å². The summed E-state index contributed by atoms with van der Waals surface area (Å²) in [4.78, 5) is 0. The maximum atomic E-state index is 2.60. The van der Waals surface area contributed by atoms with Gasteiger partial charge in [-0.3, -0.25) is 0 Å². The molecule has 2 aromatic heterocycles. The minimum Gasteiger partial charge on any atom is -0.312 e. The molecule has 0 saturated heterocycles. The zero-order valence-electron chi connectivity index (χ0n) is 62.9. The Morgan fingerprint density at radius 2 is 0.640 bits per heavy atom. The molecular weight excluding hydrogens is 1340 g/mol. The zero-order chi connectivity index (χ0) is 74.1.